The summed E-state index contributed by atoms with van der Waals surface area (Å²) in [6, 6.07) is 13.8. The zero-order valence-electron chi connectivity index (χ0n) is 12.0. The zero-order chi connectivity index (χ0) is 14.7. The molecule has 3 nitrogen and oxygen atoms in total. The lowest BCUT2D eigenvalue weighted by atomic mass is 9.78. The number of hydrogen-bond donors (Lipinski definition) is 0. The van der Waals surface area contributed by atoms with Crippen LogP contribution in [0.1, 0.15) is 34.3 Å². The number of rotatable bonds is 6. The molecule has 0 N–H and O–H groups in total. The highest BCUT2D eigenvalue weighted by atomic mass is 16.5. The molecule has 2 aromatic rings. The topological polar surface area (TPSA) is 35.5 Å². The van der Waals surface area contributed by atoms with Crippen molar-refractivity contribution in [3.63, 3.8) is 0 Å². The van der Waals surface area contributed by atoms with Gasteiger partial charge in [0.15, 0.2) is 17.8 Å². The summed E-state index contributed by atoms with van der Waals surface area (Å²) in [6.45, 7) is 3.03. The van der Waals surface area contributed by atoms with Gasteiger partial charge in [-0.1, -0.05) is 30.3 Å². The molecule has 21 heavy (non-hydrogen) atoms. The van der Waals surface area contributed by atoms with Crippen LogP contribution in [0.25, 0.3) is 0 Å². The van der Waals surface area contributed by atoms with Crippen molar-refractivity contribution in [2.75, 3.05) is 13.2 Å². The number of ether oxygens (including phenoxy) is 2. The van der Waals surface area contributed by atoms with E-state index in [1.165, 1.54) is 11.1 Å². The van der Waals surface area contributed by atoms with Crippen LogP contribution in [0.2, 0.25) is 0 Å². The highest BCUT2D eigenvalue weighted by molar-refractivity contribution is 5.81. The van der Waals surface area contributed by atoms with E-state index in [1.807, 2.05) is 13.0 Å². The third kappa shape index (κ3) is 2.64. The first-order valence-electron chi connectivity index (χ1n) is 7.25. The van der Waals surface area contributed by atoms with Crippen molar-refractivity contribution in [3.8, 4) is 11.5 Å². The second kappa shape index (κ2) is 6.00. The molecule has 1 aliphatic rings. The van der Waals surface area contributed by atoms with E-state index >= 15 is 0 Å². The van der Waals surface area contributed by atoms with Crippen molar-refractivity contribution >= 4 is 6.29 Å². The fourth-order valence-electron chi connectivity index (χ4n) is 2.74. The first-order chi connectivity index (χ1) is 10.3. The summed E-state index contributed by atoms with van der Waals surface area (Å²) in [6.07, 6.45) is 1.84. The Morgan fingerprint density at radius 1 is 1.14 bits per heavy atom. The third-order valence-electron chi connectivity index (χ3n) is 3.83. The molecule has 1 atom stereocenters. The van der Waals surface area contributed by atoms with Gasteiger partial charge in [-0.15, -0.1) is 0 Å². The first kappa shape index (κ1) is 13.7. The van der Waals surface area contributed by atoms with Gasteiger partial charge < -0.3 is 9.47 Å². The molecule has 3 rings (SSSR count). The molecule has 1 unspecified atom stereocenters. The van der Waals surface area contributed by atoms with Gasteiger partial charge in [0, 0.05) is 5.92 Å². The quantitative estimate of drug-likeness (QED) is 0.759. The number of hydrogen-bond acceptors (Lipinski definition) is 3. The van der Waals surface area contributed by atoms with E-state index < -0.39 is 0 Å². The third-order valence-corrected chi connectivity index (χ3v) is 3.83. The van der Waals surface area contributed by atoms with Gasteiger partial charge in [-0.25, -0.2) is 0 Å². The lowest BCUT2D eigenvalue weighted by molar-refractivity contribution is 0.111. The predicted molar refractivity (Wildman–Crippen MR) is 81.4 cm³/mol. The molecule has 108 valence electrons. The van der Waals surface area contributed by atoms with Crippen LogP contribution in [0.15, 0.2) is 42.5 Å². The fourth-order valence-corrected chi connectivity index (χ4v) is 2.74. The van der Waals surface area contributed by atoms with E-state index in [-0.39, 0.29) is 0 Å². The second-order valence-electron chi connectivity index (χ2n) is 5.14. The van der Waals surface area contributed by atoms with Crippen LogP contribution in [0, 0.1) is 0 Å². The minimum Gasteiger partial charge on any atom is -0.490 e. The Labute approximate surface area is 124 Å². The van der Waals surface area contributed by atoms with Crippen LogP contribution in [-0.2, 0) is 6.42 Å². The number of carbonyl (C=O) groups is 1. The normalized spacial score (nSPS) is 15.8. The maximum atomic E-state index is 11.2. The Balaban J connectivity index is 1.75. The lowest BCUT2D eigenvalue weighted by Gasteiger charge is -2.30. The van der Waals surface area contributed by atoms with E-state index in [0.29, 0.717) is 36.2 Å². The second-order valence-corrected chi connectivity index (χ2v) is 5.14. The Morgan fingerprint density at radius 3 is 2.76 bits per heavy atom. The van der Waals surface area contributed by atoms with E-state index in [0.717, 1.165) is 12.7 Å². The van der Waals surface area contributed by atoms with E-state index in [9.17, 15) is 4.79 Å². The molecule has 0 spiro atoms. The standard InChI is InChI=1S/C18H18O3/c1-2-20-17-9-5-7-14(11-19)18(17)21-12-15-10-13-6-3-4-8-16(13)15/h3-9,11,15H,2,10,12H2,1H3. The lowest BCUT2D eigenvalue weighted by Crippen LogP contribution is -2.23. The Hall–Kier alpha value is -2.29. The number of benzene rings is 2. The van der Waals surface area contributed by atoms with Gasteiger partial charge in [-0.2, -0.15) is 0 Å². The van der Waals surface area contributed by atoms with Gasteiger partial charge in [-0.05, 0) is 36.6 Å². The Kier molecular flexibility index (Phi) is 3.91. The maximum Gasteiger partial charge on any atom is 0.171 e. The summed E-state index contributed by atoms with van der Waals surface area (Å²) in [5.74, 6) is 1.59. The molecule has 0 saturated carbocycles. The van der Waals surface area contributed by atoms with Gasteiger partial charge in [-0.3, -0.25) is 4.79 Å². The highest BCUT2D eigenvalue weighted by Gasteiger charge is 2.26. The summed E-state index contributed by atoms with van der Waals surface area (Å²) >= 11 is 0. The van der Waals surface area contributed by atoms with Gasteiger partial charge in [0.2, 0.25) is 0 Å². The fraction of sp³-hybridized carbons (Fsp3) is 0.278. The van der Waals surface area contributed by atoms with Crippen molar-refractivity contribution in [2.45, 2.75) is 19.3 Å². The molecule has 0 heterocycles. The van der Waals surface area contributed by atoms with Crippen LogP contribution in [0.3, 0.4) is 0 Å². The molecule has 1 aliphatic carbocycles. The monoisotopic (exact) mass is 282 g/mol. The van der Waals surface area contributed by atoms with Crippen LogP contribution in [0.4, 0.5) is 0 Å². The van der Waals surface area contributed by atoms with Gasteiger partial charge in [0.25, 0.3) is 0 Å². The van der Waals surface area contributed by atoms with Crippen molar-refractivity contribution in [1.82, 2.24) is 0 Å². The summed E-state index contributed by atoms with van der Waals surface area (Å²) in [7, 11) is 0. The molecule has 3 heteroatoms. The van der Waals surface area contributed by atoms with Crippen molar-refractivity contribution < 1.29 is 14.3 Å². The zero-order valence-corrected chi connectivity index (χ0v) is 12.0. The molecular formula is C18H18O3. The molecule has 0 radical (unpaired) electrons. The predicted octanol–water partition coefficient (Wildman–Crippen LogP) is 3.62. The highest BCUT2D eigenvalue weighted by Crippen LogP contribution is 2.37. The van der Waals surface area contributed by atoms with Crippen LogP contribution in [-0.4, -0.2) is 19.5 Å². The summed E-state index contributed by atoms with van der Waals surface area (Å²) < 4.78 is 11.5. The van der Waals surface area contributed by atoms with E-state index in [1.54, 1.807) is 12.1 Å². The van der Waals surface area contributed by atoms with Crippen molar-refractivity contribution in [2.24, 2.45) is 0 Å². The maximum absolute atomic E-state index is 11.2. The van der Waals surface area contributed by atoms with Gasteiger partial charge >= 0.3 is 0 Å². The Bertz CT molecular complexity index is 649. The molecule has 2 aromatic carbocycles. The molecule has 0 amide bonds. The van der Waals surface area contributed by atoms with E-state index in [2.05, 4.69) is 24.3 Å². The summed E-state index contributed by atoms with van der Waals surface area (Å²) in [5, 5.41) is 0. The summed E-state index contributed by atoms with van der Waals surface area (Å²) in [5.41, 5.74) is 3.27. The van der Waals surface area contributed by atoms with Crippen LogP contribution >= 0.6 is 0 Å². The smallest absolute Gasteiger partial charge is 0.171 e. The Morgan fingerprint density at radius 2 is 2.00 bits per heavy atom. The average molecular weight is 282 g/mol. The number of aldehydes is 1. The molecule has 0 fully saturated rings. The summed E-state index contributed by atoms with van der Waals surface area (Å²) in [4.78, 5) is 11.2. The van der Waals surface area contributed by atoms with Gasteiger partial charge in [0.05, 0.1) is 18.8 Å². The molecular weight excluding hydrogens is 264 g/mol. The molecule has 0 aliphatic heterocycles. The van der Waals surface area contributed by atoms with Crippen LogP contribution in [0.5, 0.6) is 11.5 Å². The number of para-hydroxylation sites is 1. The first-order valence-corrected chi connectivity index (χ1v) is 7.25. The van der Waals surface area contributed by atoms with Crippen LogP contribution < -0.4 is 9.47 Å². The average Bonchev–Trinajstić information content (AvgIpc) is 2.49. The SMILES string of the molecule is CCOc1cccc(C=O)c1OCC1Cc2ccccc21. The largest absolute Gasteiger partial charge is 0.490 e. The number of fused-ring (bicyclic) bond motifs is 1. The molecule has 0 saturated heterocycles. The van der Waals surface area contributed by atoms with Crippen molar-refractivity contribution in [3.05, 3.63) is 59.2 Å². The minimum atomic E-state index is 0.399. The minimum absolute atomic E-state index is 0.399. The molecule has 0 aromatic heterocycles. The van der Waals surface area contributed by atoms with E-state index in [4.69, 9.17) is 9.47 Å². The number of carbonyl (C=O) groups excluding carboxylic acids is 1. The van der Waals surface area contributed by atoms with Crippen molar-refractivity contribution in [1.29, 1.82) is 0 Å². The van der Waals surface area contributed by atoms with Gasteiger partial charge in [0.1, 0.15) is 0 Å². The molecule has 0 bridgehead atoms.